The van der Waals surface area contributed by atoms with Crippen LogP contribution in [0, 0.1) is 5.92 Å². The first-order valence-corrected chi connectivity index (χ1v) is 7.28. The first-order valence-electron chi connectivity index (χ1n) is 6.29. The van der Waals surface area contributed by atoms with Gasteiger partial charge in [0.05, 0.1) is 0 Å². The van der Waals surface area contributed by atoms with Gasteiger partial charge in [-0.2, -0.15) is 0 Å². The fourth-order valence-electron chi connectivity index (χ4n) is 2.54. The minimum atomic E-state index is 0. The lowest BCUT2D eigenvalue weighted by molar-refractivity contribution is 0.445. The quantitative estimate of drug-likeness (QED) is 0.821. The Morgan fingerprint density at radius 2 is 1.82 bits per heavy atom. The third-order valence-electron chi connectivity index (χ3n) is 3.48. The maximum absolute atomic E-state index is 6.32. The van der Waals surface area contributed by atoms with Crippen LogP contribution in [-0.4, -0.2) is 5.75 Å². The van der Waals surface area contributed by atoms with Crippen LogP contribution >= 0.6 is 24.2 Å². The van der Waals surface area contributed by atoms with Crippen LogP contribution in [0.25, 0.3) is 0 Å². The molecule has 0 unspecified atom stereocenters. The summed E-state index contributed by atoms with van der Waals surface area (Å²) < 4.78 is 0. The van der Waals surface area contributed by atoms with Gasteiger partial charge in [0.15, 0.2) is 0 Å². The van der Waals surface area contributed by atoms with E-state index in [1.165, 1.54) is 36.1 Å². The summed E-state index contributed by atoms with van der Waals surface area (Å²) in [5.74, 6) is 1.85. The molecule has 1 aliphatic rings. The first kappa shape index (κ1) is 14.9. The Morgan fingerprint density at radius 3 is 2.35 bits per heavy atom. The van der Waals surface area contributed by atoms with Gasteiger partial charge < -0.3 is 5.73 Å². The molecule has 1 aromatic rings. The van der Waals surface area contributed by atoms with Crippen LogP contribution in [0.3, 0.4) is 0 Å². The average Bonchev–Trinajstić information content (AvgIpc) is 2.83. The van der Waals surface area contributed by atoms with Crippen LogP contribution < -0.4 is 5.73 Å². The Labute approximate surface area is 115 Å². The molecule has 1 saturated carbocycles. The number of rotatable bonds is 4. The molecule has 0 bridgehead atoms. The van der Waals surface area contributed by atoms with Crippen molar-refractivity contribution < 1.29 is 0 Å². The summed E-state index contributed by atoms with van der Waals surface area (Å²) in [6.07, 6.45) is 5.35. The van der Waals surface area contributed by atoms with Gasteiger partial charge in [0.1, 0.15) is 0 Å². The summed E-state index contributed by atoms with van der Waals surface area (Å²) in [5.41, 5.74) is 7.63. The topological polar surface area (TPSA) is 26.0 Å². The molecule has 0 radical (unpaired) electrons. The van der Waals surface area contributed by atoms with Gasteiger partial charge in [-0.25, -0.2) is 0 Å². The zero-order chi connectivity index (χ0) is 11.4. The Balaban J connectivity index is 0.00000144. The lowest BCUT2D eigenvalue weighted by Gasteiger charge is -2.19. The maximum atomic E-state index is 6.32. The van der Waals surface area contributed by atoms with E-state index < -0.39 is 0 Å². The Bertz CT molecular complexity index is 319. The lowest BCUT2D eigenvalue weighted by Crippen LogP contribution is -2.18. The molecule has 2 N–H and O–H groups in total. The molecule has 3 heteroatoms. The van der Waals surface area contributed by atoms with Crippen molar-refractivity contribution in [2.45, 2.75) is 43.5 Å². The monoisotopic (exact) mass is 271 g/mol. The molecule has 1 aromatic carbocycles. The summed E-state index contributed by atoms with van der Waals surface area (Å²) in [4.78, 5) is 1.35. The minimum Gasteiger partial charge on any atom is -0.324 e. The summed E-state index contributed by atoms with van der Waals surface area (Å²) in [5, 5.41) is 0. The second kappa shape index (κ2) is 7.30. The van der Waals surface area contributed by atoms with Crippen molar-refractivity contribution in [1.82, 2.24) is 0 Å². The molecule has 96 valence electrons. The second-order valence-corrected chi connectivity index (χ2v) is 5.91. The Hall–Kier alpha value is -0.180. The number of hydrogen-bond acceptors (Lipinski definition) is 2. The van der Waals surface area contributed by atoms with E-state index in [1.807, 2.05) is 11.8 Å². The fourth-order valence-corrected chi connectivity index (χ4v) is 3.20. The van der Waals surface area contributed by atoms with Crippen molar-refractivity contribution in [3.05, 3.63) is 29.8 Å². The van der Waals surface area contributed by atoms with Gasteiger partial charge >= 0.3 is 0 Å². The zero-order valence-corrected chi connectivity index (χ0v) is 12.0. The molecule has 0 heterocycles. The summed E-state index contributed by atoms with van der Waals surface area (Å²) >= 11 is 1.89. The van der Waals surface area contributed by atoms with Gasteiger partial charge in [0.2, 0.25) is 0 Å². The maximum Gasteiger partial charge on any atom is 0.0323 e. The van der Waals surface area contributed by atoms with E-state index in [9.17, 15) is 0 Å². The zero-order valence-electron chi connectivity index (χ0n) is 10.4. The van der Waals surface area contributed by atoms with E-state index in [2.05, 4.69) is 31.2 Å². The van der Waals surface area contributed by atoms with Crippen molar-refractivity contribution in [1.29, 1.82) is 0 Å². The SMILES string of the molecule is CCSc1ccc([C@@H](N)C2CCCC2)cc1.Cl. The van der Waals surface area contributed by atoms with Crippen LogP contribution in [0.5, 0.6) is 0 Å². The standard InChI is InChI=1S/C14H21NS.ClH/c1-2-16-13-9-7-12(8-10-13)14(15)11-5-3-4-6-11;/h7-11,14H,2-6,15H2,1H3;1H/t14-;/m0./s1. The molecular formula is C14H22ClNS. The van der Waals surface area contributed by atoms with Crippen molar-refractivity contribution in [3.63, 3.8) is 0 Å². The Morgan fingerprint density at radius 1 is 1.24 bits per heavy atom. The average molecular weight is 272 g/mol. The Kier molecular flexibility index (Phi) is 6.39. The molecule has 0 aliphatic heterocycles. The molecule has 2 rings (SSSR count). The van der Waals surface area contributed by atoms with E-state index in [0.717, 1.165) is 5.75 Å². The molecule has 1 nitrogen and oxygen atoms in total. The third kappa shape index (κ3) is 3.90. The molecule has 1 fully saturated rings. The normalized spacial score (nSPS) is 17.8. The summed E-state index contributed by atoms with van der Waals surface area (Å²) in [6, 6.07) is 9.08. The van der Waals surface area contributed by atoms with E-state index >= 15 is 0 Å². The third-order valence-corrected chi connectivity index (χ3v) is 4.38. The number of halogens is 1. The summed E-state index contributed by atoms with van der Waals surface area (Å²) in [6.45, 7) is 2.18. The highest BCUT2D eigenvalue weighted by molar-refractivity contribution is 7.99. The van der Waals surface area contributed by atoms with Crippen LogP contribution in [0.2, 0.25) is 0 Å². The number of hydrogen-bond donors (Lipinski definition) is 1. The van der Waals surface area contributed by atoms with E-state index in [4.69, 9.17) is 5.73 Å². The predicted octanol–water partition coefficient (Wildman–Crippen LogP) is 4.41. The molecule has 17 heavy (non-hydrogen) atoms. The second-order valence-electron chi connectivity index (χ2n) is 4.57. The molecular weight excluding hydrogens is 250 g/mol. The lowest BCUT2D eigenvalue weighted by atomic mass is 9.93. The molecule has 0 spiro atoms. The van der Waals surface area contributed by atoms with Crippen LogP contribution in [0.4, 0.5) is 0 Å². The van der Waals surface area contributed by atoms with Crippen molar-refractivity contribution in [2.24, 2.45) is 11.7 Å². The van der Waals surface area contributed by atoms with Gasteiger partial charge in [-0.05, 0) is 42.2 Å². The molecule has 0 aromatic heterocycles. The van der Waals surface area contributed by atoms with Crippen LogP contribution in [0.15, 0.2) is 29.2 Å². The van der Waals surface area contributed by atoms with Crippen molar-refractivity contribution >= 4 is 24.2 Å². The highest BCUT2D eigenvalue weighted by atomic mass is 35.5. The highest BCUT2D eigenvalue weighted by Gasteiger charge is 2.22. The minimum absolute atomic E-state index is 0. The molecule has 1 atom stereocenters. The molecule has 0 saturated heterocycles. The van der Waals surface area contributed by atoms with Gasteiger partial charge in [-0.3, -0.25) is 0 Å². The molecule has 0 amide bonds. The fraction of sp³-hybridized carbons (Fsp3) is 0.571. The van der Waals surface area contributed by atoms with Crippen LogP contribution in [-0.2, 0) is 0 Å². The van der Waals surface area contributed by atoms with Crippen LogP contribution in [0.1, 0.15) is 44.2 Å². The number of benzene rings is 1. The number of nitrogens with two attached hydrogens (primary N) is 1. The van der Waals surface area contributed by atoms with E-state index in [0.29, 0.717) is 5.92 Å². The largest absolute Gasteiger partial charge is 0.324 e. The van der Waals surface area contributed by atoms with E-state index in [1.54, 1.807) is 0 Å². The van der Waals surface area contributed by atoms with Gasteiger partial charge in [-0.15, -0.1) is 24.2 Å². The smallest absolute Gasteiger partial charge is 0.0323 e. The number of thioether (sulfide) groups is 1. The van der Waals surface area contributed by atoms with Gasteiger partial charge in [-0.1, -0.05) is 31.9 Å². The highest BCUT2D eigenvalue weighted by Crippen LogP contribution is 2.34. The predicted molar refractivity (Wildman–Crippen MR) is 79.0 cm³/mol. The van der Waals surface area contributed by atoms with Crippen molar-refractivity contribution in [2.75, 3.05) is 5.75 Å². The first-order chi connectivity index (χ1) is 7.81. The van der Waals surface area contributed by atoms with Gasteiger partial charge in [0, 0.05) is 10.9 Å². The summed E-state index contributed by atoms with van der Waals surface area (Å²) in [7, 11) is 0. The van der Waals surface area contributed by atoms with Crippen molar-refractivity contribution in [3.8, 4) is 0 Å². The van der Waals surface area contributed by atoms with E-state index in [-0.39, 0.29) is 18.4 Å². The molecule has 1 aliphatic carbocycles. The van der Waals surface area contributed by atoms with Gasteiger partial charge in [0.25, 0.3) is 0 Å².